The molecule has 0 aromatic rings. The summed E-state index contributed by atoms with van der Waals surface area (Å²) in [5, 5.41) is 10.6. The first-order chi connectivity index (χ1) is 14.9. The highest BCUT2D eigenvalue weighted by molar-refractivity contribution is 5.94. The first kappa shape index (κ1) is 29.5. The summed E-state index contributed by atoms with van der Waals surface area (Å²) in [6.07, 6.45) is 3.73. The van der Waals surface area contributed by atoms with E-state index in [1.807, 2.05) is 34.6 Å². The second kappa shape index (κ2) is 15.4. The molecular formula is C23H42N4O5. The minimum Gasteiger partial charge on any atom is -0.345 e. The third-order valence-corrected chi connectivity index (χ3v) is 4.85. The molecule has 4 atom stereocenters. The van der Waals surface area contributed by atoms with Crippen LogP contribution in [0.5, 0.6) is 0 Å². The Balaban J connectivity index is 5.38. The molecule has 4 N–H and O–H groups in total. The van der Waals surface area contributed by atoms with Crippen molar-refractivity contribution in [2.24, 2.45) is 11.8 Å². The molecule has 0 unspecified atom stereocenters. The average molecular weight is 455 g/mol. The van der Waals surface area contributed by atoms with Gasteiger partial charge in [-0.1, -0.05) is 47.5 Å². The van der Waals surface area contributed by atoms with Crippen LogP contribution in [-0.2, 0) is 24.0 Å². The SMILES string of the molecule is CCCC[C@@H](C=O)NC(=O)[C@H](CC(C)C)NC(=O)[C@H](CC(C)C)NC(=O)[C@H](C)NC(C)=O. The zero-order chi connectivity index (χ0) is 24.8. The number of nitrogens with one attached hydrogen (secondary N) is 4. The van der Waals surface area contributed by atoms with Crippen LogP contribution < -0.4 is 21.3 Å². The first-order valence-corrected chi connectivity index (χ1v) is 11.5. The van der Waals surface area contributed by atoms with Gasteiger partial charge < -0.3 is 26.1 Å². The van der Waals surface area contributed by atoms with Gasteiger partial charge in [0.1, 0.15) is 24.4 Å². The molecule has 0 aliphatic heterocycles. The van der Waals surface area contributed by atoms with Crippen LogP contribution in [0.3, 0.4) is 0 Å². The highest BCUT2D eigenvalue weighted by Crippen LogP contribution is 2.10. The van der Waals surface area contributed by atoms with Crippen molar-refractivity contribution in [3.05, 3.63) is 0 Å². The van der Waals surface area contributed by atoms with Gasteiger partial charge in [0.25, 0.3) is 0 Å². The molecule has 0 aromatic carbocycles. The summed E-state index contributed by atoms with van der Waals surface area (Å²) < 4.78 is 0. The topological polar surface area (TPSA) is 133 Å². The fourth-order valence-electron chi connectivity index (χ4n) is 3.23. The van der Waals surface area contributed by atoms with Crippen molar-refractivity contribution in [1.82, 2.24) is 21.3 Å². The Hall–Kier alpha value is -2.45. The molecule has 0 bridgehead atoms. The van der Waals surface area contributed by atoms with Gasteiger partial charge in [0.2, 0.25) is 23.6 Å². The van der Waals surface area contributed by atoms with E-state index in [1.54, 1.807) is 0 Å². The largest absolute Gasteiger partial charge is 0.345 e. The number of carbonyl (C=O) groups is 5. The molecule has 0 radical (unpaired) electrons. The summed E-state index contributed by atoms with van der Waals surface area (Å²) in [7, 11) is 0. The standard InChI is InChI=1S/C23H42N4O5/c1-8-9-10-18(13-28)25-22(31)19(11-14(2)3)27-23(32)20(12-15(4)5)26-21(30)16(6)24-17(7)29/h13-16,18-20H,8-12H2,1-7H3,(H,24,29)(H,25,31)(H,26,30)(H,27,32)/t16-,18-,19-,20-/m0/s1. The molecule has 4 amide bonds. The molecule has 184 valence electrons. The van der Waals surface area contributed by atoms with Crippen molar-refractivity contribution in [1.29, 1.82) is 0 Å². The average Bonchev–Trinajstić information content (AvgIpc) is 2.68. The molecular weight excluding hydrogens is 412 g/mol. The van der Waals surface area contributed by atoms with E-state index < -0.39 is 41.9 Å². The van der Waals surface area contributed by atoms with E-state index in [9.17, 15) is 24.0 Å². The predicted octanol–water partition coefficient (Wildman–Crippen LogP) is 1.45. The number of amides is 4. The van der Waals surface area contributed by atoms with Crippen LogP contribution in [0.2, 0.25) is 0 Å². The zero-order valence-electron chi connectivity index (χ0n) is 20.6. The molecule has 0 saturated heterocycles. The minimum atomic E-state index is -0.858. The summed E-state index contributed by atoms with van der Waals surface area (Å²) in [6, 6.07) is -3.08. The highest BCUT2D eigenvalue weighted by atomic mass is 16.2. The van der Waals surface area contributed by atoms with Crippen LogP contribution in [0.1, 0.15) is 80.6 Å². The quantitative estimate of drug-likeness (QED) is 0.278. The number of hydrogen-bond donors (Lipinski definition) is 4. The van der Waals surface area contributed by atoms with E-state index in [0.717, 1.165) is 12.8 Å². The number of rotatable bonds is 15. The third kappa shape index (κ3) is 12.4. The second-order valence-electron chi connectivity index (χ2n) is 9.20. The maximum Gasteiger partial charge on any atom is 0.243 e. The molecule has 0 aliphatic carbocycles. The Bertz CT molecular complexity index is 636. The fraction of sp³-hybridized carbons (Fsp3) is 0.783. The van der Waals surface area contributed by atoms with Gasteiger partial charge in [0, 0.05) is 6.92 Å². The molecule has 0 aliphatic rings. The number of unbranched alkanes of at least 4 members (excludes halogenated alkanes) is 1. The monoisotopic (exact) mass is 454 g/mol. The smallest absolute Gasteiger partial charge is 0.243 e. The Morgan fingerprint density at radius 3 is 1.62 bits per heavy atom. The van der Waals surface area contributed by atoms with Crippen molar-refractivity contribution in [3.8, 4) is 0 Å². The summed E-state index contributed by atoms with van der Waals surface area (Å²) in [4.78, 5) is 60.8. The van der Waals surface area contributed by atoms with E-state index in [1.165, 1.54) is 13.8 Å². The number of hydrogen-bond acceptors (Lipinski definition) is 5. The normalized spacial score (nSPS) is 14.8. The summed E-state index contributed by atoms with van der Waals surface area (Å²) in [5.74, 6) is -1.49. The van der Waals surface area contributed by atoms with Gasteiger partial charge in [-0.3, -0.25) is 19.2 Å². The molecule has 0 saturated carbocycles. The van der Waals surface area contributed by atoms with Crippen LogP contribution in [0.25, 0.3) is 0 Å². The maximum atomic E-state index is 13.0. The Kier molecular flexibility index (Phi) is 14.2. The lowest BCUT2D eigenvalue weighted by Gasteiger charge is -2.26. The van der Waals surface area contributed by atoms with Crippen molar-refractivity contribution >= 4 is 29.9 Å². The van der Waals surface area contributed by atoms with Crippen molar-refractivity contribution in [3.63, 3.8) is 0 Å². The summed E-state index contributed by atoms with van der Waals surface area (Å²) >= 11 is 0. The van der Waals surface area contributed by atoms with Crippen LogP contribution in [-0.4, -0.2) is 54.1 Å². The second-order valence-corrected chi connectivity index (χ2v) is 9.20. The Morgan fingerprint density at radius 1 is 0.750 bits per heavy atom. The highest BCUT2D eigenvalue weighted by Gasteiger charge is 2.29. The van der Waals surface area contributed by atoms with Gasteiger partial charge in [-0.2, -0.15) is 0 Å². The maximum absolute atomic E-state index is 13.0. The Morgan fingerprint density at radius 2 is 1.22 bits per heavy atom. The minimum absolute atomic E-state index is 0.105. The summed E-state index contributed by atoms with van der Waals surface area (Å²) in [6.45, 7) is 12.6. The van der Waals surface area contributed by atoms with Crippen molar-refractivity contribution < 1.29 is 24.0 Å². The number of aldehydes is 1. The molecule has 0 spiro atoms. The lowest BCUT2D eigenvalue weighted by molar-refractivity contribution is -0.134. The van der Waals surface area contributed by atoms with Crippen LogP contribution in [0.4, 0.5) is 0 Å². The van der Waals surface area contributed by atoms with Crippen LogP contribution >= 0.6 is 0 Å². The van der Waals surface area contributed by atoms with Gasteiger partial charge in [0.15, 0.2) is 0 Å². The molecule has 0 heterocycles. The predicted molar refractivity (Wildman–Crippen MR) is 124 cm³/mol. The fourth-order valence-corrected chi connectivity index (χ4v) is 3.23. The van der Waals surface area contributed by atoms with Gasteiger partial charge in [-0.05, 0) is 38.0 Å². The van der Waals surface area contributed by atoms with Gasteiger partial charge in [-0.15, -0.1) is 0 Å². The lowest BCUT2D eigenvalue weighted by atomic mass is 9.99. The van der Waals surface area contributed by atoms with E-state index in [0.29, 0.717) is 25.5 Å². The van der Waals surface area contributed by atoms with E-state index in [2.05, 4.69) is 21.3 Å². The first-order valence-electron chi connectivity index (χ1n) is 11.5. The molecule has 32 heavy (non-hydrogen) atoms. The third-order valence-electron chi connectivity index (χ3n) is 4.85. The van der Waals surface area contributed by atoms with Crippen molar-refractivity contribution in [2.45, 2.75) is 105 Å². The van der Waals surface area contributed by atoms with Gasteiger partial charge in [-0.25, -0.2) is 0 Å². The lowest BCUT2D eigenvalue weighted by Crippen LogP contribution is -2.57. The van der Waals surface area contributed by atoms with Crippen LogP contribution in [0.15, 0.2) is 0 Å². The van der Waals surface area contributed by atoms with E-state index in [-0.39, 0.29) is 17.7 Å². The van der Waals surface area contributed by atoms with Gasteiger partial charge in [0.05, 0.1) is 6.04 Å². The molecule has 0 rings (SSSR count). The van der Waals surface area contributed by atoms with Crippen LogP contribution in [0, 0.1) is 11.8 Å². The van der Waals surface area contributed by atoms with Crippen molar-refractivity contribution in [2.75, 3.05) is 0 Å². The summed E-state index contributed by atoms with van der Waals surface area (Å²) in [5.41, 5.74) is 0. The van der Waals surface area contributed by atoms with E-state index in [4.69, 9.17) is 0 Å². The zero-order valence-corrected chi connectivity index (χ0v) is 20.6. The van der Waals surface area contributed by atoms with E-state index >= 15 is 0 Å². The van der Waals surface area contributed by atoms with Gasteiger partial charge >= 0.3 is 0 Å². The molecule has 0 fully saturated rings. The Labute approximate surface area is 192 Å². The molecule has 0 aromatic heterocycles. The molecule has 9 nitrogen and oxygen atoms in total. The molecule has 9 heteroatoms. The number of carbonyl (C=O) groups excluding carboxylic acids is 5.